The van der Waals surface area contributed by atoms with E-state index in [1.807, 2.05) is 25.7 Å². The van der Waals surface area contributed by atoms with Crippen LogP contribution < -0.4 is 5.32 Å². The van der Waals surface area contributed by atoms with E-state index in [2.05, 4.69) is 31.1 Å². The van der Waals surface area contributed by atoms with Crippen LogP contribution in [0.25, 0.3) is 0 Å². The van der Waals surface area contributed by atoms with E-state index in [1.165, 1.54) is 0 Å². The number of likely N-dealkylation sites (N-methyl/N-ethyl adjacent to an activating group) is 1. The third kappa shape index (κ3) is 6.04. The van der Waals surface area contributed by atoms with Gasteiger partial charge in [-0.25, -0.2) is 0 Å². The van der Waals surface area contributed by atoms with Crippen LogP contribution >= 0.6 is 0 Å². The third-order valence-corrected chi connectivity index (χ3v) is 3.84. The number of nitrogens with zero attached hydrogens (tertiary/aromatic N) is 2. The molecule has 0 bridgehead atoms. The van der Waals surface area contributed by atoms with Crippen molar-refractivity contribution in [1.29, 1.82) is 0 Å². The van der Waals surface area contributed by atoms with Crippen molar-refractivity contribution in [2.45, 2.75) is 47.1 Å². The van der Waals surface area contributed by atoms with Crippen molar-refractivity contribution in [3.05, 3.63) is 0 Å². The molecule has 2 amide bonds. The molecule has 1 aliphatic rings. The Bertz CT molecular complexity index is 374. The van der Waals surface area contributed by atoms with Crippen LogP contribution in [0.3, 0.4) is 0 Å². The van der Waals surface area contributed by atoms with Crippen molar-refractivity contribution < 1.29 is 9.59 Å². The SMILES string of the molecule is CC(C)[C@H]1CN(C)CCN1C(=O)CNC(=O)CC(C)(C)C. The Morgan fingerprint density at radius 1 is 1.24 bits per heavy atom. The Morgan fingerprint density at radius 3 is 2.38 bits per heavy atom. The van der Waals surface area contributed by atoms with Gasteiger partial charge in [0.05, 0.1) is 6.54 Å². The van der Waals surface area contributed by atoms with Gasteiger partial charge in [0.1, 0.15) is 0 Å². The second-order valence-corrected chi connectivity index (χ2v) is 7.67. The van der Waals surface area contributed by atoms with Gasteiger partial charge in [-0.2, -0.15) is 0 Å². The van der Waals surface area contributed by atoms with E-state index in [-0.39, 0.29) is 29.8 Å². The first-order valence-corrected chi connectivity index (χ1v) is 7.85. The molecular weight excluding hydrogens is 266 g/mol. The Balaban J connectivity index is 2.52. The maximum atomic E-state index is 12.4. The van der Waals surface area contributed by atoms with Gasteiger partial charge < -0.3 is 15.1 Å². The van der Waals surface area contributed by atoms with Gasteiger partial charge in [0.25, 0.3) is 0 Å². The molecule has 1 saturated heterocycles. The van der Waals surface area contributed by atoms with E-state index >= 15 is 0 Å². The molecule has 5 heteroatoms. The third-order valence-electron chi connectivity index (χ3n) is 3.84. The predicted molar refractivity (Wildman–Crippen MR) is 84.9 cm³/mol. The van der Waals surface area contributed by atoms with E-state index in [9.17, 15) is 9.59 Å². The highest BCUT2D eigenvalue weighted by atomic mass is 16.2. The Hall–Kier alpha value is -1.10. The summed E-state index contributed by atoms with van der Waals surface area (Å²) in [5.74, 6) is 0.400. The van der Waals surface area contributed by atoms with E-state index in [0.29, 0.717) is 12.3 Å². The number of hydrogen-bond donors (Lipinski definition) is 1. The van der Waals surface area contributed by atoms with Gasteiger partial charge in [0, 0.05) is 32.1 Å². The van der Waals surface area contributed by atoms with Crippen LogP contribution in [-0.2, 0) is 9.59 Å². The second-order valence-electron chi connectivity index (χ2n) is 7.67. The van der Waals surface area contributed by atoms with Crippen molar-refractivity contribution >= 4 is 11.8 Å². The van der Waals surface area contributed by atoms with Gasteiger partial charge in [-0.3, -0.25) is 9.59 Å². The fourth-order valence-electron chi connectivity index (χ4n) is 2.65. The van der Waals surface area contributed by atoms with Gasteiger partial charge >= 0.3 is 0 Å². The molecule has 0 radical (unpaired) electrons. The lowest BCUT2D eigenvalue weighted by Crippen LogP contribution is -2.57. The van der Waals surface area contributed by atoms with Crippen molar-refractivity contribution in [2.75, 3.05) is 33.2 Å². The predicted octanol–water partition coefficient (Wildman–Crippen LogP) is 1.34. The maximum Gasteiger partial charge on any atom is 0.242 e. The monoisotopic (exact) mass is 297 g/mol. The zero-order chi connectivity index (χ0) is 16.2. The molecule has 1 aliphatic heterocycles. The summed E-state index contributed by atoms with van der Waals surface area (Å²) in [4.78, 5) is 28.4. The van der Waals surface area contributed by atoms with Crippen LogP contribution in [0.2, 0.25) is 0 Å². The Morgan fingerprint density at radius 2 is 1.86 bits per heavy atom. The summed E-state index contributed by atoms with van der Waals surface area (Å²) in [5, 5.41) is 2.76. The molecule has 0 aromatic rings. The van der Waals surface area contributed by atoms with Gasteiger partial charge in [-0.05, 0) is 18.4 Å². The molecule has 0 aromatic carbocycles. The first-order valence-electron chi connectivity index (χ1n) is 7.85. The average Bonchev–Trinajstić information content (AvgIpc) is 2.33. The lowest BCUT2D eigenvalue weighted by atomic mass is 9.92. The van der Waals surface area contributed by atoms with Crippen molar-refractivity contribution in [1.82, 2.24) is 15.1 Å². The van der Waals surface area contributed by atoms with Gasteiger partial charge in [0.15, 0.2) is 0 Å². The highest BCUT2D eigenvalue weighted by Gasteiger charge is 2.31. The molecule has 0 aromatic heterocycles. The number of amides is 2. The lowest BCUT2D eigenvalue weighted by molar-refractivity contribution is -0.138. The summed E-state index contributed by atoms with van der Waals surface area (Å²) < 4.78 is 0. The standard InChI is InChI=1S/C16H31N3O2/c1-12(2)13-11-18(6)7-8-19(13)15(21)10-17-14(20)9-16(3,4)5/h12-13H,7-11H2,1-6H3,(H,17,20)/t13-/m1/s1. The molecule has 1 heterocycles. The smallest absolute Gasteiger partial charge is 0.242 e. The first kappa shape index (κ1) is 18.0. The molecule has 0 unspecified atom stereocenters. The summed E-state index contributed by atoms with van der Waals surface area (Å²) in [5.41, 5.74) is -0.0541. The molecule has 1 N–H and O–H groups in total. The molecule has 0 aliphatic carbocycles. The van der Waals surface area contributed by atoms with E-state index in [1.54, 1.807) is 0 Å². The van der Waals surface area contributed by atoms with Crippen LogP contribution in [0.5, 0.6) is 0 Å². The van der Waals surface area contributed by atoms with Crippen LogP contribution in [0.4, 0.5) is 0 Å². The maximum absolute atomic E-state index is 12.4. The number of piperazine rings is 1. The largest absolute Gasteiger partial charge is 0.347 e. The minimum Gasteiger partial charge on any atom is -0.347 e. The first-order chi connectivity index (χ1) is 9.60. The molecular formula is C16H31N3O2. The van der Waals surface area contributed by atoms with Gasteiger partial charge in [-0.15, -0.1) is 0 Å². The topological polar surface area (TPSA) is 52.6 Å². The summed E-state index contributed by atoms with van der Waals surface area (Å²) in [6.45, 7) is 13.0. The van der Waals surface area contributed by atoms with Crippen LogP contribution in [0.15, 0.2) is 0 Å². The Kier molecular flexibility index (Phi) is 6.20. The number of carbonyl (C=O) groups excluding carboxylic acids is 2. The highest BCUT2D eigenvalue weighted by Crippen LogP contribution is 2.18. The molecule has 5 nitrogen and oxygen atoms in total. The Labute approximate surface area is 129 Å². The molecule has 0 saturated carbocycles. The molecule has 1 rings (SSSR count). The van der Waals surface area contributed by atoms with E-state index in [4.69, 9.17) is 0 Å². The summed E-state index contributed by atoms with van der Waals surface area (Å²) >= 11 is 0. The minimum atomic E-state index is -0.0541. The fraction of sp³-hybridized carbons (Fsp3) is 0.875. The van der Waals surface area contributed by atoms with Crippen LogP contribution in [0, 0.1) is 11.3 Å². The number of rotatable bonds is 4. The zero-order valence-corrected chi connectivity index (χ0v) is 14.4. The summed E-state index contributed by atoms with van der Waals surface area (Å²) in [6, 6.07) is 0.232. The molecule has 0 spiro atoms. The summed E-state index contributed by atoms with van der Waals surface area (Å²) in [6.07, 6.45) is 0.441. The fourth-order valence-corrected chi connectivity index (χ4v) is 2.65. The highest BCUT2D eigenvalue weighted by molar-refractivity contribution is 5.85. The van der Waals surface area contributed by atoms with E-state index in [0.717, 1.165) is 19.6 Å². The molecule has 122 valence electrons. The number of nitrogens with one attached hydrogen (secondary N) is 1. The van der Waals surface area contributed by atoms with Crippen molar-refractivity contribution in [2.24, 2.45) is 11.3 Å². The zero-order valence-electron chi connectivity index (χ0n) is 14.4. The average molecular weight is 297 g/mol. The second kappa shape index (κ2) is 7.25. The minimum absolute atomic E-state index is 0.0315. The number of carbonyl (C=O) groups is 2. The quantitative estimate of drug-likeness (QED) is 0.852. The summed E-state index contributed by atoms with van der Waals surface area (Å²) in [7, 11) is 2.09. The van der Waals surface area contributed by atoms with E-state index < -0.39 is 0 Å². The number of hydrogen-bond acceptors (Lipinski definition) is 3. The van der Waals surface area contributed by atoms with Crippen molar-refractivity contribution in [3.8, 4) is 0 Å². The van der Waals surface area contributed by atoms with Gasteiger partial charge in [-0.1, -0.05) is 34.6 Å². The van der Waals surface area contributed by atoms with Crippen LogP contribution in [0.1, 0.15) is 41.0 Å². The molecule has 1 fully saturated rings. The van der Waals surface area contributed by atoms with Crippen molar-refractivity contribution in [3.63, 3.8) is 0 Å². The van der Waals surface area contributed by atoms with Gasteiger partial charge in [0.2, 0.25) is 11.8 Å². The molecule has 21 heavy (non-hydrogen) atoms. The normalized spacial score (nSPS) is 20.7. The van der Waals surface area contributed by atoms with Crippen LogP contribution in [-0.4, -0.2) is 60.9 Å². The lowest BCUT2D eigenvalue weighted by Gasteiger charge is -2.42. The molecule has 1 atom stereocenters.